The minimum Gasteiger partial charge on any atom is -0.397 e. The lowest BCUT2D eigenvalue weighted by molar-refractivity contribution is 1.06. The van der Waals surface area contributed by atoms with Crippen molar-refractivity contribution in [2.45, 2.75) is 0 Å². The second kappa shape index (κ2) is 3.27. The van der Waals surface area contributed by atoms with Crippen molar-refractivity contribution in [3.05, 3.63) is 36.9 Å². The SMILES string of the molecule is Nc1ccc(-c2nnc3ccncn23)nc1. The van der Waals surface area contributed by atoms with Crippen molar-refractivity contribution in [2.75, 3.05) is 5.73 Å². The predicted molar refractivity (Wildman–Crippen MR) is 58.4 cm³/mol. The van der Waals surface area contributed by atoms with Gasteiger partial charge in [-0.1, -0.05) is 0 Å². The highest BCUT2D eigenvalue weighted by atomic mass is 15.3. The van der Waals surface area contributed by atoms with Crippen LogP contribution < -0.4 is 5.73 Å². The molecule has 0 aliphatic heterocycles. The highest BCUT2D eigenvalue weighted by Crippen LogP contribution is 2.15. The van der Waals surface area contributed by atoms with Crippen LogP contribution in [-0.4, -0.2) is 24.6 Å². The van der Waals surface area contributed by atoms with E-state index < -0.39 is 0 Å². The fraction of sp³-hybridized carbons (Fsp3) is 0. The Morgan fingerprint density at radius 2 is 2.06 bits per heavy atom. The summed E-state index contributed by atoms with van der Waals surface area (Å²) in [6.07, 6.45) is 4.92. The van der Waals surface area contributed by atoms with Gasteiger partial charge in [0.2, 0.25) is 0 Å². The first-order chi connectivity index (χ1) is 7.84. The molecule has 0 aliphatic rings. The smallest absolute Gasteiger partial charge is 0.188 e. The number of nitrogens with zero attached hydrogens (tertiary/aromatic N) is 5. The molecule has 0 aliphatic carbocycles. The molecule has 0 radical (unpaired) electrons. The number of anilines is 1. The summed E-state index contributed by atoms with van der Waals surface area (Å²) in [6.45, 7) is 0. The Morgan fingerprint density at radius 3 is 2.88 bits per heavy atom. The minimum atomic E-state index is 0.621. The van der Waals surface area contributed by atoms with Crippen LogP contribution in [-0.2, 0) is 0 Å². The lowest BCUT2D eigenvalue weighted by atomic mass is 10.3. The maximum Gasteiger partial charge on any atom is 0.188 e. The summed E-state index contributed by atoms with van der Waals surface area (Å²) in [7, 11) is 0. The van der Waals surface area contributed by atoms with E-state index in [1.807, 2.05) is 0 Å². The molecule has 0 bridgehead atoms. The standard InChI is InChI=1S/C10H8N6/c11-7-1-2-8(13-5-7)10-15-14-9-3-4-12-6-16(9)10/h1-6H,11H2. The Balaban J connectivity index is 2.22. The van der Waals surface area contributed by atoms with Crippen LogP contribution in [0.3, 0.4) is 0 Å². The van der Waals surface area contributed by atoms with E-state index in [0.717, 1.165) is 11.3 Å². The van der Waals surface area contributed by atoms with Crippen LogP contribution in [0.2, 0.25) is 0 Å². The van der Waals surface area contributed by atoms with Crippen molar-refractivity contribution in [3.63, 3.8) is 0 Å². The van der Waals surface area contributed by atoms with Gasteiger partial charge in [-0.25, -0.2) is 4.98 Å². The third kappa shape index (κ3) is 1.28. The number of pyridine rings is 1. The second-order valence-corrected chi connectivity index (χ2v) is 3.31. The van der Waals surface area contributed by atoms with E-state index in [0.29, 0.717) is 11.5 Å². The average molecular weight is 212 g/mol. The Labute approximate surface area is 90.8 Å². The zero-order valence-electron chi connectivity index (χ0n) is 8.28. The van der Waals surface area contributed by atoms with Crippen LogP contribution in [0.4, 0.5) is 5.69 Å². The molecule has 16 heavy (non-hydrogen) atoms. The molecular formula is C10H8N6. The molecule has 3 heterocycles. The van der Waals surface area contributed by atoms with Gasteiger partial charge in [-0.2, -0.15) is 0 Å². The molecule has 0 atom stereocenters. The van der Waals surface area contributed by atoms with E-state index in [1.165, 1.54) is 0 Å². The lowest BCUT2D eigenvalue weighted by Crippen LogP contribution is -1.93. The number of rotatable bonds is 1. The molecule has 3 rings (SSSR count). The quantitative estimate of drug-likeness (QED) is 0.644. The summed E-state index contributed by atoms with van der Waals surface area (Å²) < 4.78 is 1.78. The van der Waals surface area contributed by atoms with Crippen LogP contribution in [0.15, 0.2) is 36.9 Å². The normalized spacial score (nSPS) is 10.8. The summed E-state index contributed by atoms with van der Waals surface area (Å²) in [6, 6.07) is 5.37. The maximum atomic E-state index is 5.58. The van der Waals surface area contributed by atoms with Gasteiger partial charge in [0.1, 0.15) is 12.0 Å². The van der Waals surface area contributed by atoms with Gasteiger partial charge >= 0.3 is 0 Å². The Morgan fingerprint density at radius 1 is 1.12 bits per heavy atom. The van der Waals surface area contributed by atoms with E-state index in [9.17, 15) is 0 Å². The number of hydrogen-bond acceptors (Lipinski definition) is 5. The minimum absolute atomic E-state index is 0.621. The van der Waals surface area contributed by atoms with Crippen LogP contribution in [0.25, 0.3) is 17.2 Å². The zero-order valence-corrected chi connectivity index (χ0v) is 8.28. The first-order valence-electron chi connectivity index (χ1n) is 4.71. The van der Waals surface area contributed by atoms with Crippen LogP contribution in [0.5, 0.6) is 0 Å². The summed E-state index contributed by atoms with van der Waals surface area (Å²) in [5.74, 6) is 0.656. The summed E-state index contributed by atoms with van der Waals surface area (Å²) in [5.41, 5.74) is 7.65. The number of nitrogens with two attached hydrogens (primary N) is 1. The van der Waals surface area contributed by atoms with Gasteiger partial charge in [0.25, 0.3) is 0 Å². The summed E-state index contributed by atoms with van der Waals surface area (Å²) in [5, 5.41) is 8.08. The van der Waals surface area contributed by atoms with E-state index in [1.54, 1.807) is 41.3 Å². The van der Waals surface area contributed by atoms with Crippen molar-refractivity contribution in [3.8, 4) is 11.5 Å². The number of hydrogen-bond donors (Lipinski definition) is 1. The molecule has 3 aromatic heterocycles. The monoisotopic (exact) mass is 212 g/mol. The first kappa shape index (κ1) is 8.78. The topological polar surface area (TPSA) is 82.0 Å². The molecule has 0 saturated carbocycles. The van der Waals surface area contributed by atoms with Gasteiger partial charge in [0.05, 0.1) is 11.9 Å². The van der Waals surface area contributed by atoms with Crippen molar-refractivity contribution < 1.29 is 0 Å². The van der Waals surface area contributed by atoms with Gasteiger partial charge in [-0.05, 0) is 12.1 Å². The predicted octanol–water partition coefficient (Wildman–Crippen LogP) is 0.768. The molecule has 78 valence electrons. The Kier molecular flexibility index (Phi) is 1.79. The molecule has 0 unspecified atom stereocenters. The third-order valence-electron chi connectivity index (χ3n) is 2.23. The Hall–Kier alpha value is -2.50. The van der Waals surface area contributed by atoms with Crippen LogP contribution >= 0.6 is 0 Å². The number of nitrogen functional groups attached to an aromatic ring is 1. The molecule has 6 heteroatoms. The second-order valence-electron chi connectivity index (χ2n) is 3.31. The highest BCUT2D eigenvalue weighted by molar-refractivity contribution is 5.56. The molecule has 3 aromatic rings. The van der Waals surface area contributed by atoms with Crippen LogP contribution in [0.1, 0.15) is 0 Å². The van der Waals surface area contributed by atoms with Crippen molar-refractivity contribution >= 4 is 11.3 Å². The van der Waals surface area contributed by atoms with Gasteiger partial charge in [0, 0.05) is 12.3 Å². The molecule has 0 fully saturated rings. The molecule has 6 nitrogen and oxygen atoms in total. The van der Waals surface area contributed by atoms with Crippen molar-refractivity contribution in [1.29, 1.82) is 0 Å². The van der Waals surface area contributed by atoms with Gasteiger partial charge < -0.3 is 5.73 Å². The third-order valence-corrected chi connectivity index (χ3v) is 2.23. The highest BCUT2D eigenvalue weighted by Gasteiger charge is 2.08. The Bertz CT molecular complexity index is 627. The molecule has 0 saturated heterocycles. The van der Waals surface area contributed by atoms with E-state index >= 15 is 0 Å². The van der Waals surface area contributed by atoms with E-state index in [4.69, 9.17) is 5.73 Å². The molecular weight excluding hydrogens is 204 g/mol. The van der Waals surface area contributed by atoms with Gasteiger partial charge in [0.15, 0.2) is 11.5 Å². The lowest BCUT2D eigenvalue weighted by Gasteiger charge is -1.98. The van der Waals surface area contributed by atoms with E-state index in [-0.39, 0.29) is 0 Å². The fourth-order valence-corrected chi connectivity index (χ4v) is 1.46. The van der Waals surface area contributed by atoms with Gasteiger partial charge in [-0.3, -0.25) is 9.38 Å². The first-order valence-corrected chi connectivity index (χ1v) is 4.71. The van der Waals surface area contributed by atoms with Crippen molar-refractivity contribution in [2.24, 2.45) is 0 Å². The molecule has 0 spiro atoms. The zero-order chi connectivity index (χ0) is 11.0. The largest absolute Gasteiger partial charge is 0.397 e. The molecule has 2 N–H and O–H groups in total. The number of fused-ring (bicyclic) bond motifs is 1. The molecule has 0 aromatic carbocycles. The van der Waals surface area contributed by atoms with Gasteiger partial charge in [-0.15, -0.1) is 10.2 Å². The summed E-state index contributed by atoms with van der Waals surface area (Å²) >= 11 is 0. The average Bonchev–Trinajstić information content (AvgIpc) is 2.74. The van der Waals surface area contributed by atoms with Crippen molar-refractivity contribution in [1.82, 2.24) is 24.6 Å². The van der Waals surface area contributed by atoms with E-state index in [2.05, 4.69) is 20.2 Å². The molecule has 0 amide bonds. The fourth-order valence-electron chi connectivity index (χ4n) is 1.46. The maximum absolute atomic E-state index is 5.58. The number of aromatic nitrogens is 5. The summed E-state index contributed by atoms with van der Waals surface area (Å²) in [4.78, 5) is 8.21. The van der Waals surface area contributed by atoms with Crippen LogP contribution in [0, 0.1) is 0 Å².